The molecule has 2 N–H and O–H groups in total. The average Bonchev–Trinajstić information content (AvgIpc) is 2.72. The summed E-state index contributed by atoms with van der Waals surface area (Å²) in [6.45, 7) is 2.09. The molecule has 1 aromatic carbocycles. The minimum absolute atomic E-state index is 0.301. The van der Waals surface area contributed by atoms with E-state index in [9.17, 15) is 8.78 Å². The van der Waals surface area contributed by atoms with Crippen molar-refractivity contribution in [1.82, 2.24) is 9.55 Å². The van der Waals surface area contributed by atoms with Gasteiger partial charge in [0.25, 0.3) is 0 Å². The molecule has 100 valence electrons. The predicted octanol–water partition coefficient (Wildman–Crippen LogP) is 3.31. The van der Waals surface area contributed by atoms with Crippen molar-refractivity contribution in [2.24, 2.45) is 0 Å². The lowest BCUT2D eigenvalue weighted by atomic mass is 10.1. The van der Waals surface area contributed by atoms with Crippen molar-refractivity contribution in [2.45, 2.75) is 32.2 Å². The van der Waals surface area contributed by atoms with Gasteiger partial charge in [0.1, 0.15) is 17.3 Å². The van der Waals surface area contributed by atoms with E-state index in [0.29, 0.717) is 23.1 Å². The molecule has 3 nitrogen and oxygen atoms in total. The van der Waals surface area contributed by atoms with Crippen molar-refractivity contribution < 1.29 is 8.78 Å². The third-order valence-corrected chi connectivity index (χ3v) is 3.68. The van der Waals surface area contributed by atoms with Gasteiger partial charge in [-0.2, -0.15) is 0 Å². The van der Waals surface area contributed by atoms with Crippen LogP contribution in [0.15, 0.2) is 18.2 Å². The lowest BCUT2D eigenvalue weighted by molar-refractivity contribution is 0.430. The minimum Gasteiger partial charge on any atom is -0.383 e. The fourth-order valence-electron chi connectivity index (χ4n) is 2.70. The van der Waals surface area contributed by atoms with Crippen LogP contribution in [0.4, 0.5) is 14.6 Å². The second-order valence-electron chi connectivity index (χ2n) is 5.00. The summed E-state index contributed by atoms with van der Waals surface area (Å²) in [5.41, 5.74) is 7.18. The highest BCUT2D eigenvalue weighted by molar-refractivity contribution is 5.71. The first-order valence-electron chi connectivity index (χ1n) is 6.40. The number of nitrogens with two attached hydrogens (primary N) is 1. The summed E-state index contributed by atoms with van der Waals surface area (Å²) < 4.78 is 28.3. The van der Waals surface area contributed by atoms with Crippen molar-refractivity contribution in [3.63, 3.8) is 0 Å². The summed E-state index contributed by atoms with van der Waals surface area (Å²) in [6.07, 6.45) is 3.01. The first-order valence-corrected chi connectivity index (χ1v) is 6.40. The standard InChI is InChI=1S/C14H15F2N3/c1-8-3-2-4-12-18-13(14(17)19(8)12)9-5-6-10(15)11(16)7-9/h5-8H,2-4,17H2,1H3. The fraction of sp³-hybridized carbons (Fsp3) is 0.357. The number of hydrogen-bond donors (Lipinski definition) is 1. The maximum Gasteiger partial charge on any atom is 0.159 e. The van der Waals surface area contributed by atoms with Gasteiger partial charge in [-0.25, -0.2) is 13.8 Å². The summed E-state index contributed by atoms with van der Waals surface area (Å²) in [7, 11) is 0. The molecule has 0 bridgehead atoms. The zero-order chi connectivity index (χ0) is 13.6. The molecule has 1 aromatic heterocycles. The number of benzene rings is 1. The van der Waals surface area contributed by atoms with Gasteiger partial charge in [-0.15, -0.1) is 0 Å². The monoisotopic (exact) mass is 263 g/mol. The van der Waals surface area contributed by atoms with Gasteiger partial charge in [0.2, 0.25) is 0 Å². The highest BCUT2D eigenvalue weighted by Crippen LogP contribution is 2.34. The van der Waals surface area contributed by atoms with Gasteiger partial charge in [-0.1, -0.05) is 0 Å². The predicted molar refractivity (Wildman–Crippen MR) is 69.6 cm³/mol. The topological polar surface area (TPSA) is 43.8 Å². The maximum atomic E-state index is 13.3. The van der Waals surface area contributed by atoms with E-state index in [1.165, 1.54) is 6.07 Å². The summed E-state index contributed by atoms with van der Waals surface area (Å²) >= 11 is 0. The van der Waals surface area contributed by atoms with Gasteiger partial charge in [-0.3, -0.25) is 0 Å². The number of aromatic nitrogens is 2. The normalized spacial score (nSPS) is 18.4. The Hall–Kier alpha value is -1.91. The molecule has 3 rings (SSSR count). The van der Waals surface area contributed by atoms with E-state index in [1.807, 2.05) is 4.57 Å². The Balaban J connectivity index is 2.13. The van der Waals surface area contributed by atoms with E-state index in [2.05, 4.69) is 11.9 Å². The quantitative estimate of drug-likeness (QED) is 0.857. The van der Waals surface area contributed by atoms with E-state index < -0.39 is 11.6 Å². The Morgan fingerprint density at radius 1 is 1.32 bits per heavy atom. The Labute approximate surface area is 110 Å². The van der Waals surface area contributed by atoms with Crippen LogP contribution in [-0.2, 0) is 6.42 Å². The van der Waals surface area contributed by atoms with Crippen LogP contribution in [0.2, 0.25) is 0 Å². The molecule has 0 saturated carbocycles. The SMILES string of the molecule is CC1CCCc2nc(-c3ccc(F)c(F)c3)c(N)n21. The molecular formula is C14H15F2N3. The Kier molecular flexibility index (Phi) is 2.77. The molecule has 1 aliphatic heterocycles. The minimum atomic E-state index is -0.879. The number of nitrogens with zero attached hydrogens (tertiary/aromatic N) is 2. The smallest absolute Gasteiger partial charge is 0.159 e. The van der Waals surface area contributed by atoms with E-state index in [4.69, 9.17) is 5.73 Å². The maximum absolute atomic E-state index is 13.3. The first-order chi connectivity index (χ1) is 9.08. The van der Waals surface area contributed by atoms with Crippen LogP contribution in [0.5, 0.6) is 0 Å². The van der Waals surface area contributed by atoms with Crippen molar-refractivity contribution in [1.29, 1.82) is 0 Å². The molecule has 0 amide bonds. The van der Waals surface area contributed by atoms with Gasteiger partial charge in [0.05, 0.1) is 0 Å². The molecule has 0 spiro atoms. The van der Waals surface area contributed by atoms with Crippen molar-refractivity contribution in [3.8, 4) is 11.3 Å². The molecule has 0 fully saturated rings. The summed E-state index contributed by atoms with van der Waals surface area (Å²) in [6, 6.07) is 4.06. The summed E-state index contributed by atoms with van der Waals surface area (Å²) in [5.74, 6) is -0.278. The van der Waals surface area contributed by atoms with Crippen LogP contribution in [0, 0.1) is 11.6 Å². The lowest BCUT2D eigenvalue weighted by Gasteiger charge is -2.22. The van der Waals surface area contributed by atoms with Gasteiger partial charge in [-0.05, 0) is 38.0 Å². The number of imidazole rings is 1. The molecule has 0 saturated heterocycles. The molecule has 2 heterocycles. The number of halogens is 2. The molecule has 0 aliphatic carbocycles. The van der Waals surface area contributed by atoms with Crippen molar-refractivity contribution >= 4 is 5.82 Å². The zero-order valence-corrected chi connectivity index (χ0v) is 10.7. The van der Waals surface area contributed by atoms with Crippen LogP contribution in [-0.4, -0.2) is 9.55 Å². The zero-order valence-electron chi connectivity index (χ0n) is 10.7. The highest BCUT2D eigenvalue weighted by atomic mass is 19.2. The van der Waals surface area contributed by atoms with Gasteiger partial charge in [0, 0.05) is 18.0 Å². The number of nitrogen functional groups attached to an aromatic ring is 1. The summed E-state index contributed by atoms with van der Waals surface area (Å²) in [5, 5.41) is 0. The fourth-order valence-corrected chi connectivity index (χ4v) is 2.70. The number of rotatable bonds is 1. The molecular weight excluding hydrogens is 248 g/mol. The van der Waals surface area contributed by atoms with Crippen LogP contribution in [0.3, 0.4) is 0 Å². The summed E-state index contributed by atoms with van der Waals surface area (Å²) in [4.78, 5) is 4.49. The molecule has 2 aromatic rings. The molecule has 0 radical (unpaired) electrons. The largest absolute Gasteiger partial charge is 0.383 e. The van der Waals surface area contributed by atoms with E-state index in [1.54, 1.807) is 0 Å². The Morgan fingerprint density at radius 3 is 2.79 bits per heavy atom. The lowest BCUT2D eigenvalue weighted by Crippen LogP contribution is -2.16. The molecule has 1 aliphatic rings. The second-order valence-corrected chi connectivity index (χ2v) is 5.00. The average molecular weight is 263 g/mol. The number of anilines is 1. The van der Waals surface area contributed by atoms with Gasteiger partial charge >= 0.3 is 0 Å². The Bertz CT molecular complexity index is 634. The molecule has 19 heavy (non-hydrogen) atoms. The third kappa shape index (κ3) is 1.89. The number of aryl methyl sites for hydroxylation is 1. The van der Waals surface area contributed by atoms with E-state index in [-0.39, 0.29) is 0 Å². The molecule has 5 heteroatoms. The molecule has 1 unspecified atom stereocenters. The Morgan fingerprint density at radius 2 is 2.11 bits per heavy atom. The van der Waals surface area contributed by atoms with Gasteiger partial charge < -0.3 is 10.3 Å². The van der Waals surface area contributed by atoms with Gasteiger partial charge in [0.15, 0.2) is 11.6 Å². The first kappa shape index (κ1) is 12.1. The molecule has 1 atom stereocenters. The van der Waals surface area contributed by atoms with Crippen molar-refractivity contribution in [3.05, 3.63) is 35.7 Å². The van der Waals surface area contributed by atoms with Crippen LogP contribution >= 0.6 is 0 Å². The third-order valence-electron chi connectivity index (χ3n) is 3.68. The number of hydrogen-bond acceptors (Lipinski definition) is 2. The van der Waals surface area contributed by atoms with Crippen molar-refractivity contribution in [2.75, 3.05) is 5.73 Å². The van der Waals surface area contributed by atoms with E-state index >= 15 is 0 Å². The van der Waals surface area contributed by atoms with Crippen LogP contribution in [0.1, 0.15) is 31.6 Å². The van der Waals surface area contributed by atoms with Crippen LogP contribution < -0.4 is 5.73 Å². The van der Waals surface area contributed by atoms with E-state index in [0.717, 1.165) is 37.2 Å². The number of fused-ring (bicyclic) bond motifs is 1. The second kappa shape index (κ2) is 4.33. The van der Waals surface area contributed by atoms with Crippen LogP contribution in [0.25, 0.3) is 11.3 Å². The highest BCUT2D eigenvalue weighted by Gasteiger charge is 2.23.